The summed E-state index contributed by atoms with van der Waals surface area (Å²) < 4.78 is 33.5. The molecule has 1 aliphatic carbocycles. The van der Waals surface area contributed by atoms with E-state index in [9.17, 15) is 9.90 Å². The van der Waals surface area contributed by atoms with Gasteiger partial charge in [0.1, 0.15) is 6.10 Å². The number of hydrogen-bond acceptors (Lipinski definition) is 8. The Hall–Kier alpha value is -3.13. The third-order valence-electron chi connectivity index (χ3n) is 6.50. The van der Waals surface area contributed by atoms with Gasteiger partial charge in [0.15, 0.2) is 23.0 Å². The summed E-state index contributed by atoms with van der Waals surface area (Å²) in [6, 6.07) is 7.62. The van der Waals surface area contributed by atoms with Crippen molar-refractivity contribution >= 4 is 5.97 Å². The molecular formula is C23H24O8. The van der Waals surface area contributed by atoms with Crippen molar-refractivity contribution in [3.05, 3.63) is 41.0 Å². The van der Waals surface area contributed by atoms with E-state index in [1.54, 1.807) is 21.3 Å². The molecular weight excluding hydrogens is 404 g/mol. The van der Waals surface area contributed by atoms with E-state index in [0.29, 0.717) is 28.7 Å². The molecule has 1 N–H and O–H groups in total. The highest BCUT2D eigenvalue weighted by Crippen LogP contribution is 2.57. The van der Waals surface area contributed by atoms with Crippen LogP contribution in [0.15, 0.2) is 24.3 Å². The number of aliphatic hydroxyl groups excluding tert-OH is 1. The normalized spacial score (nSPS) is 25.5. The van der Waals surface area contributed by atoms with Gasteiger partial charge in [0.05, 0.1) is 27.9 Å². The van der Waals surface area contributed by atoms with Crippen LogP contribution in [-0.4, -0.2) is 45.8 Å². The maximum absolute atomic E-state index is 12.5. The molecule has 0 radical (unpaired) electrons. The molecule has 2 aromatic carbocycles. The van der Waals surface area contributed by atoms with E-state index in [4.69, 9.17) is 28.4 Å². The molecule has 0 aromatic heterocycles. The summed E-state index contributed by atoms with van der Waals surface area (Å²) in [7, 11) is 4.69. The lowest BCUT2D eigenvalue weighted by Gasteiger charge is -2.46. The van der Waals surface area contributed by atoms with Gasteiger partial charge in [0.25, 0.3) is 0 Å². The molecule has 8 heteroatoms. The van der Waals surface area contributed by atoms with Gasteiger partial charge in [-0.2, -0.15) is 0 Å². The smallest absolute Gasteiger partial charge is 0.306 e. The van der Waals surface area contributed by atoms with Crippen LogP contribution in [0, 0.1) is 11.8 Å². The maximum Gasteiger partial charge on any atom is 0.306 e. The highest BCUT2D eigenvalue weighted by atomic mass is 16.7. The Labute approximate surface area is 179 Å². The van der Waals surface area contributed by atoms with Crippen LogP contribution < -0.4 is 23.7 Å². The van der Waals surface area contributed by atoms with Gasteiger partial charge < -0.3 is 33.5 Å². The number of carbonyl (C=O) groups is 1. The van der Waals surface area contributed by atoms with Crippen molar-refractivity contribution < 1.29 is 38.3 Å². The predicted molar refractivity (Wildman–Crippen MR) is 108 cm³/mol. The van der Waals surface area contributed by atoms with E-state index in [2.05, 4.69) is 0 Å². The van der Waals surface area contributed by atoms with Crippen molar-refractivity contribution in [2.75, 3.05) is 34.7 Å². The first kappa shape index (κ1) is 19.8. The van der Waals surface area contributed by atoms with Gasteiger partial charge in [-0.1, -0.05) is 0 Å². The third kappa shape index (κ3) is 2.96. The molecule has 3 aliphatic rings. The molecule has 2 bridgehead atoms. The van der Waals surface area contributed by atoms with Crippen molar-refractivity contribution in [2.24, 2.45) is 11.8 Å². The van der Waals surface area contributed by atoms with E-state index in [0.717, 1.165) is 16.7 Å². The summed E-state index contributed by atoms with van der Waals surface area (Å²) in [4.78, 5) is 12.5. The number of carbonyl (C=O) groups excluding carboxylic acids is 1. The standard InChI is InChI=1S/C23H24O8/c1-26-18-4-11(5-19(27-2)23(18)28-3)21-12-6-16-17(30-10-29-16)7-14(12)22-15(9-24)13(21)8-20(25)31-22/h4-7,13,15,21-22,24H,8-10H2,1-3H3/t13-,15-,21+,22-/m0/s1. The first-order chi connectivity index (χ1) is 15.1. The molecule has 2 heterocycles. The Bertz CT molecular complexity index is 1010. The highest BCUT2D eigenvalue weighted by molar-refractivity contribution is 5.73. The Morgan fingerprint density at radius 3 is 2.19 bits per heavy atom. The Morgan fingerprint density at radius 2 is 1.61 bits per heavy atom. The minimum atomic E-state index is -0.529. The summed E-state index contributed by atoms with van der Waals surface area (Å²) in [6.45, 7) is 0.0435. The summed E-state index contributed by atoms with van der Waals surface area (Å²) >= 11 is 0. The molecule has 4 atom stereocenters. The number of benzene rings is 2. The lowest BCUT2D eigenvalue weighted by molar-refractivity contribution is -0.168. The second kappa shape index (κ2) is 7.53. The van der Waals surface area contributed by atoms with Gasteiger partial charge in [-0.05, 0) is 41.3 Å². The van der Waals surface area contributed by atoms with E-state index >= 15 is 0 Å². The van der Waals surface area contributed by atoms with Gasteiger partial charge in [0.2, 0.25) is 12.5 Å². The molecule has 0 unspecified atom stereocenters. The van der Waals surface area contributed by atoms with Crippen LogP contribution in [-0.2, 0) is 9.53 Å². The van der Waals surface area contributed by atoms with Gasteiger partial charge >= 0.3 is 5.97 Å². The minimum absolute atomic E-state index is 0.0998. The quantitative estimate of drug-likeness (QED) is 0.727. The molecule has 2 aliphatic heterocycles. The molecule has 8 nitrogen and oxygen atoms in total. The number of hydrogen-bond donors (Lipinski definition) is 1. The van der Waals surface area contributed by atoms with Crippen molar-refractivity contribution in [1.29, 1.82) is 0 Å². The number of rotatable bonds is 5. The molecule has 31 heavy (non-hydrogen) atoms. The van der Waals surface area contributed by atoms with Crippen molar-refractivity contribution in [1.82, 2.24) is 0 Å². The molecule has 1 saturated heterocycles. The maximum atomic E-state index is 12.5. The average molecular weight is 428 g/mol. The van der Waals surface area contributed by atoms with Crippen LogP contribution in [0.2, 0.25) is 0 Å². The zero-order valence-electron chi connectivity index (χ0n) is 17.5. The number of methoxy groups -OCH3 is 3. The second-order valence-corrected chi connectivity index (χ2v) is 7.90. The lowest BCUT2D eigenvalue weighted by atomic mass is 9.63. The fraction of sp³-hybridized carbons (Fsp3) is 0.435. The fourth-order valence-corrected chi connectivity index (χ4v) is 5.16. The first-order valence-corrected chi connectivity index (χ1v) is 10.1. The number of ether oxygens (including phenoxy) is 6. The zero-order chi connectivity index (χ0) is 21.7. The lowest BCUT2D eigenvalue weighted by Crippen LogP contribution is -2.43. The van der Waals surface area contributed by atoms with Crippen LogP contribution in [0.1, 0.15) is 35.1 Å². The van der Waals surface area contributed by atoms with E-state index in [-0.39, 0.29) is 43.5 Å². The average Bonchev–Trinajstić information content (AvgIpc) is 3.24. The summed E-state index contributed by atoms with van der Waals surface area (Å²) in [5.41, 5.74) is 2.70. The monoisotopic (exact) mass is 428 g/mol. The van der Waals surface area contributed by atoms with Crippen LogP contribution in [0.3, 0.4) is 0 Å². The highest BCUT2D eigenvalue weighted by Gasteiger charge is 2.50. The largest absolute Gasteiger partial charge is 0.493 e. The predicted octanol–water partition coefficient (Wildman–Crippen LogP) is 2.80. The van der Waals surface area contributed by atoms with Crippen molar-refractivity contribution in [3.63, 3.8) is 0 Å². The van der Waals surface area contributed by atoms with E-state index < -0.39 is 6.10 Å². The molecule has 1 fully saturated rings. The summed E-state index contributed by atoms with van der Waals surface area (Å²) in [6.07, 6.45) is -0.323. The van der Waals surface area contributed by atoms with Crippen molar-refractivity contribution in [3.8, 4) is 28.7 Å². The fourth-order valence-electron chi connectivity index (χ4n) is 5.16. The van der Waals surface area contributed by atoms with Crippen LogP contribution in [0.5, 0.6) is 28.7 Å². The number of aliphatic hydroxyl groups is 1. The van der Waals surface area contributed by atoms with Crippen LogP contribution in [0.25, 0.3) is 0 Å². The van der Waals surface area contributed by atoms with Crippen molar-refractivity contribution in [2.45, 2.75) is 18.4 Å². The van der Waals surface area contributed by atoms with E-state index in [1.165, 1.54) is 0 Å². The Balaban J connectivity index is 1.75. The first-order valence-electron chi connectivity index (χ1n) is 10.1. The molecule has 5 rings (SSSR count). The number of fused-ring (bicyclic) bond motifs is 5. The SMILES string of the molecule is COc1cc([C@@H]2c3cc4c(cc3[C@@H]3OC(=O)C[C@H]2[C@@H]3CO)OCO4)cc(OC)c1OC. The molecule has 164 valence electrons. The third-order valence-corrected chi connectivity index (χ3v) is 6.50. The Kier molecular flexibility index (Phi) is 4.81. The minimum Gasteiger partial charge on any atom is -0.493 e. The van der Waals surface area contributed by atoms with Gasteiger partial charge in [0, 0.05) is 23.8 Å². The summed E-state index contributed by atoms with van der Waals surface area (Å²) in [5, 5.41) is 10.2. The van der Waals surface area contributed by atoms with Crippen LogP contribution >= 0.6 is 0 Å². The van der Waals surface area contributed by atoms with Gasteiger partial charge in [-0.3, -0.25) is 4.79 Å². The van der Waals surface area contributed by atoms with Gasteiger partial charge in [-0.15, -0.1) is 0 Å². The molecule has 0 amide bonds. The topological polar surface area (TPSA) is 92.7 Å². The summed E-state index contributed by atoms with van der Waals surface area (Å²) in [5.74, 6) is 1.93. The molecule has 0 saturated carbocycles. The van der Waals surface area contributed by atoms with E-state index in [1.807, 2.05) is 24.3 Å². The number of esters is 1. The van der Waals surface area contributed by atoms with Gasteiger partial charge in [-0.25, -0.2) is 0 Å². The Morgan fingerprint density at radius 1 is 0.968 bits per heavy atom. The second-order valence-electron chi connectivity index (χ2n) is 7.90. The van der Waals surface area contributed by atoms with Crippen LogP contribution in [0.4, 0.5) is 0 Å². The molecule has 0 spiro atoms. The molecule has 2 aromatic rings. The zero-order valence-corrected chi connectivity index (χ0v) is 17.5.